The molecule has 1 N–H and O–H groups in total. The third kappa shape index (κ3) is 5.00. The van der Waals surface area contributed by atoms with E-state index in [4.69, 9.17) is 0 Å². The molecule has 176 valence electrons. The molecule has 0 radical (unpaired) electrons. The lowest BCUT2D eigenvalue weighted by Gasteiger charge is -2.25. The van der Waals surface area contributed by atoms with Gasteiger partial charge in [0.25, 0.3) is 5.91 Å². The van der Waals surface area contributed by atoms with E-state index < -0.39 is 6.04 Å². The van der Waals surface area contributed by atoms with Crippen LogP contribution in [0, 0.1) is 11.6 Å². The molecule has 1 unspecified atom stereocenters. The highest BCUT2D eigenvalue weighted by molar-refractivity contribution is 8.13. The molecule has 3 aromatic carbocycles. The molecule has 2 aliphatic heterocycles. The maximum absolute atomic E-state index is 13.3. The number of hydrogen-bond donors (Lipinski definition) is 1. The van der Waals surface area contributed by atoms with E-state index in [9.17, 15) is 18.4 Å². The summed E-state index contributed by atoms with van der Waals surface area (Å²) in [5.41, 5.74) is 3.06. The van der Waals surface area contributed by atoms with Crippen molar-refractivity contribution in [2.45, 2.75) is 24.8 Å². The van der Waals surface area contributed by atoms with Gasteiger partial charge in [-0.1, -0.05) is 48.2 Å². The minimum atomic E-state index is -0.874. The number of halogens is 2. The van der Waals surface area contributed by atoms with Crippen molar-refractivity contribution >= 4 is 40.3 Å². The lowest BCUT2D eigenvalue weighted by atomic mass is 10.1. The van der Waals surface area contributed by atoms with Crippen LogP contribution in [0.3, 0.4) is 0 Å². The Morgan fingerprint density at radius 3 is 2.31 bits per heavy atom. The van der Waals surface area contributed by atoms with Crippen molar-refractivity contribution < 1.29 is 18.4 Å². The number of carbonyl (C=O) groups is 2. The summed E-state index contributed by atoms with van der Waals surface area (Å²) in [5, 5.41) is 3.23. The largest absolute Gasteiger partial charge is 0.352 e. The summed E-state index contributed by atoms with van der Waals surface area (Å²) in [6.07, 6.45) is -0.113. The molecule has 0 spiro atoms. The molecule has 0 saturated carbocycles. The van der Waals surface area contributed by atoms with Crippen LogP contribution in [0.4, 0.5) is 14.5 Å². The molecule has 0 bridgehead atoms. The van der Waals surface area contributed by atoms with E-state index in [1.54, 1.807) is 24.3 Å². The fourth-order valence-corrected chi connectivity index (χ4v) is 4.77. The molecular formula is C26H20F2N4O2S. The zero-order valence-electron chi connectivity index (χ0n) is 18.4. The SMILES string of the molecule is O=C(CC1N=C2c3ccccc3N=C(SCc3ccc(F)cc3)N2C1=O)NCc1ccc(F)cc1. The molecule has 5 rings (SSSR count). The van der Waals surface area contributed by atoms with Gasteiger partial charge in [0.1, 0.15) is 23.5 Å². The van der Waals surface area contributed by atoms with Gasteiger partial charge < -0.3 is 5.32 Å². The molecule has 1 atom stereocenters. The number of para-hydroxylation sites is 1. The van der Waals surface area contributed by atoms with Crippen LogP contribution in [0.15, 0.2) is 82.8 Å². The number of amides is 2. The van der Waals surface area contributed by atoms with E-state index >= 15 is 0 Å². The lowest BCUT2D eigenvalue weighted by Crippen LogP contribution is -2.42. The van der Waals surface area contributed by atoms with Crippen LogP contribution in [0.25, 0.3) is 0 Å². The molecule has 2 heterocycles. The lowest BCUT2D eigenvalue weighted by molar-refractivity contribution is -0.128. The molecule has 0 saturated heterocycles. The number of nitrogens with zero attached hydrogens (tertiary/aromatic N) is 3. The van der Waals surface area contributed by atoms with Crippen LogP contribution in [-0.4, -0.2) is 33.8 Å². The van der Waals surface area contributed by atoms with Gasteiger partial charge in [0.15, 0.2) is 5.17 Å². The number of thioether (sulfide) groups is 1. The van der Waals surface area contributed by atoms with Gasteiger partial charge in [-0.25, -0.2) is 18.7 Å². The summed E-state index contributed by atoms with van der Waals surface area (Å²) in [4.78, 5) is 36.6. The Kier molecular flexibility index (Phi) is 6.41. The van der Waals surface area contributed by atoms with E-state index in [2.05, 4.69) is 15.3 Å². The van der Waals surface area contributed by atoms with Crippen LogP contribution in [-0.2, 0) is 21.9 Å². The summed E-state index contributed by atoms with van der Waals surface area (Å²) in [5.74, 6) is -0.356. The Morgan fingerprint density at radius 1 is 0.943 bits per heavy atom. The van der Waals surface area contributed by atoms with Gasteiger partial charge in [-0.05, 0) is 47.5 Å². The monoisotopic (exact) mass is 490 g/mol. The van der Waals surface area contributed by atoms with Gasteiger partial charge in [0, 0.05) is 17.9 Å². The fraction of sp³-hybridized carbons (Fsp3) is 0.154. The van der Waals surface area contributed by atoms with Crippen molar-refractivity contribution in [3.05, 3.63) is 101 Å². The summed E-state index contributed by atoms with van der Waals surface area (Å²) in [6.45, 7) is 0.226. The first kappa shape index (κ1) is 22.9. The number of hydrogen-bond acceptors (Lipinski definition) is 5. The Labute approximate surface area is 204 Å². The Hall–Kier alpha value is -3.85. The number of benzene rings is 3. The number of nitrogens with one attached hydrogen (secondary N) is 1. The van der Waals surface area contributed by atoms with E-state index in [-0.39, 0.29) is 36.4 Å². The van der Waals surface area contributed by atoms with Crippen molar-refractivity contribution in [2.24, 2.45) is 9.98 Å². The second-order valence-corrected chi connectivity index (χ2v) is 9.02. The highest BCUT2D eigenvalue weighted by Crippen LogP contribution is 2.34. The van der Waals surface area contributed by atoms with Gasteiger partial charge >= 0.3 is 0 Å². The summed E-state index contributed by atoms with van der Waals surface area (Å²) >= 11 is 1.35. The maximum atomic E-state index is 13.3. The van der Waals surface area contributed by atoms with E-state index in [1.807, 2.05) is 24.3 Å². The molecule has 0 fully saturated rings. The van der Waals surface area contributed by atoms with Crippen LogP contribution < -0.4 is 5.32 Å². The maximum Gasteiger partial charge on any atom is 0.259 e. The van der Waals surface area contributed by atoms with E-state index in [1.165, 1.54) is 40.9 Å². The average Bonchev–Trinajstić information content (AvgIpc) is 3.19. The smallest absolute Gasteiger partial charge is 0.259 e. The van der Waals surface area contributed by atoms with Crippen molar-refractivity contribution in [3.63, 3.8) is 0 Å². The van der Waals surface area contributed by atoms with Crippen molar-refractivity contribution in [3.8, 4) is 0 Å². The van der Waals surface area contributed by atoms with Gasteiger partial charge in [-0.15, -0.1) is 0 Å². The standard InChI is InChI=1S/C26H20F2N4O2S/c27-18-9-5-16(6-10-18)14-29-23(33)13-22-25(34)32-24(30-22)20-3-1-2-4-21(20)31-26(32)35-15-17-7-11-19(28)12-8-17/h1-12,22H,13-15H2,(H,29,33). The first-order valence-electron chi connectivity index (χ1n) is 11.0. The third-order valence-corrected chi connectivity index (χ3v) is 6.62. The number of amidine groups is 2. The number of aliphatic imine (C=N–C) groups is 2. The number of carbonyl (C=O) groups excluding carboxylic acids is 2. The van der Waals surface area contributed by atoms with Gasteiger partial charge in [0.2, 0.25) is 5.91 Å². The average molecular weight is 491 g/mol. The molecule has 2 amide bonds. The predicted molar refractivity (Wildman–Crippen MR) is 131 cm³/mol. The van der Waals surface area contributed by atoms with E-state index in [0.717, 1.165) is 16.7 Å². The Bertz CT molecular complexity index is 1340. The van der Waals surface area contributed by atoms with Gasteiger partial charge in [0.05, 0.1) is 12.1 Å². The van der Waals surface area contributed by atoms with Crippen LogP contribution >= 0.6 is 11.8 Å². The van der Waals surface area contributed by atoms with Crippen molar-refractivity contribution in [2.75, 3.05) is 0 Å². The molecule has 9 heteroatoms. The normalized spacial score (nSPS) is 16.3. The first-order valence-corrected chi connectivity index (χ1v) is 11.9. The minimum absolute atomic E-state index is 0.113. The zero-order chi connectivity index (χ0) is 24.4. The first-order chi connectivity index (χ1) is 17.0. The Balaban J connectivity index is 1.32. The van der Waals surface area contributed by atoms with Gasteiger partial charge in [-0.3, -0.25) is 14.6 Å². The fourth-order valence-electron chi connectivity index (χ4n) is 3.81. The van der Waals surface area contributed by atoms with Crippen molar-refractivity contribution in [1.82, 2.24) is 10.2 Å². The molecule has 35 heavy (non-hydrogen) atoms. The highest BCUT2D eigenvalue weighted by Gasteiger charge is 2.42. The number of fused-ring (bicyclic) bond motifs is 3. The summed E-state index contributed by atoms with van der Waals surface area (Å²) in [6, 6.07) is 18.5. The summed E-state index contributed by atoms with van der Waals surface area (Å²) < 4.78 is 26.3. The molecule has 0 aromatic heterocycles. The topological polar surface area (TPSA) is 74.1 Å². The minimum Gasteiger partial charge on any atom is -0.352 e. The molecule has 6 nitrogen and oxygen atoms in total. The van der Waals surface area contributed by atoms with Crippen molar-refractivity contribution in [1.29, 1.82) is 0 Å². The molecule has 3 aromatic rings. The third-order valence-electron chi connectivity index (χ3n) is 5.61. The predicted octanol–water partition coefficient (Wildman–Crippen LogP) is 4.56. The molecule has 0 aliphatic carbocycles. The van der Waals surface area contributed by atoms with Crippen LogP contribution in [0.1, 0.15) is 23.1 Å². The van der Waals surface area contributed by atoms with Crippen LogP contribution in [0.5, 0.6) is 0 Å². The van der Waals surface area contributed by atoms with Crippen LogP contribution in [0.2, 0.25) is 0 Å². The highest BCUT2D eigenvalue weighted by atomic mass is 32.2. The molecular weight excluding hydrogens is 470 g/mol. The number of rotatable bonds is 6. The molecule has 2 aliphatic rings. The Morgan fingerprint density at radius 2 is 1.60 bits per heavy atom. The summed E-state index contributed by atoms with van der Waals surface area (Å²) in [7, 11) is 0. The zero-order valence-corrected chi connectivity index (χ0v) is 19.3. The van der Waals surface area contributed by atoms with E-state index in [0.29, 0.717) is 22.4 Å². The second-order valence-electron chi connectivity index (χ2n) is 8.08. The van der Waals surface area contributed by atoms with Gasteiger partial charge in [-0.2, -0.15) is 0 Å². The quantitative estimate of drug-likeness (QED) is 0.551. The second kappa shape index (κ2) is 9.79.